The summed E-state index contributed by atoms with van der Waals surface area (Å²) in [5.41, 5.74) is 2.11. The van der Waals surface area contributed by atoms with Crippen LogP contribution < -0.4 is 0 Å². The fourth-order valence-electron chi connectivity index (χ4n) is 2.18. The molecule has 0 saturated carbocycles. The van der Waals surface area contributed by atoms with Crippen LogP contribution in [-0.2, 0) is 4.79 Å². The first-order valence-electron chi connectivity index (χ1n) is 6.29. The van der Waals surface area contributed by atoms with Crippen LogP contribution in [0.2, 0.25) is 10.0 Å². The first kappa shape index (κ1) is 14.9. The number of hydrogen-bond donors (Lipinski definition) is 1. The van der Waals surface area contributed by atoms with E-state index < -0.39 is 5.97 Å². The minimum Gasteiger partial charge on any atom is -0.481 e. The summed E-state index contributed by atoms with van der Waals surface area (Å²) in [4.78, 5) is 10.8. The van der Waals surface area contributed by atoms with Gasteiger partial charge >= 0.3 is 5.97 Å². The van der Waals surface area contributed by atoms with Gasteiger partial charge in [-0.2, -0.15) is 0 Å². The molecule has 0 bridgehead atoms. The van der Waals surface area contributed by atoms with Crippen molar-refractivity contribution in [2.45, 2.75) is 18.8 Å². The Balaban J connectivity index is 2.30. The van der Waals surface area contributed by atoms with E-state index in [1.54, 1.807) is 0 Å². The highest BCUT2D eigenvalue weighted by Crippen LogP contribution is 2.30. The standard InChI is InChI=1S/C16H14Cl2O2/c17-13-5-1-11(2-6-13)15(9-10-16(19)20)12-3-7-14(18)8-4-12/h1-8,15H,9-10H2,(H,19,20). The van der Waals surface area contributed by atoms with Gasteiger partial charge in [-0.1, -0.05) is 47.5 Å². The molecule has 20 heavy (non-hydrogen) atoms. The number of benzene rings is 2. The molecule has 0 fully saturated rings. The van der Waals surface area contributed by atoms with Gasteiger partial charge in [-0.25, -0.2) is 0 Å². The number of halogens is 2. The van der Waals surface area contributed by atoms with Crippen molar-refractivity contribution in [3.8, 4) is 0 Å². The Bertz CT molecular complexity index is 531. The summed E-state index contributed by atoms with van der Waals surface area (Å²) in [5.74, 6) is -0.765. The molecule has 0 saturated heterocycles. The van der Waals surface area contributed by atoms with E-state index >= 15 is 0 Å². The van der Waals surface area contributed by atoms with Crippen molar-refractivity contribution in [1.82, 2.24) is 0 Å². The summed E-state index contributed by atoms with van der Waals surface area (Å²) in [6, 6.07) is 15.0. The van der Waals surface area contributed by atoms with E-state index in [4.69, 9.17) is 28.3 Å². The van der Waals surface area contributed by atoms with Crippen molar-refractivity contribution in [1.29, 1.82) is 0 Å². The second kappa shape index (κ2) is 6.78. The lowest BCUT2D eigenvalue weighted by Gasteiger charge is -2.17. The minimum atomic E-state index is -0.794. The van der Waals surface area contributed by atoms with Gasteiger partial charge in [0.25, 0.3) is 0 Å². The van der Waals surface area contributed by atoms with E-state index in [1.807, 2.05) is 48.5 Å². The van der Waals surface area contributed by atoms with Crippen molar-refractivity contribution in [2.24, 2.45) is 0 Å². The third kappa shape index (κ3) is 3.99. The fraction of sp³-hybridized carbons (Fsp3) is 0.188. The molecule has 4 heteroatoms. The molecule has 2 nitrogen and oxygen atoms in total. The Hall–Kier alpha value is -1.51. The molecule has 0 amide bonds. The summed E-state index contributed by atoms with van der Waals surface area (Å²) in [7, 11) is 0. The average molecular weight is 309 g/mol. The van der Waals surface area contributed by atoms with Gasteiger partial charge in [0, 0.05) is 22.4 Å². The summed E-state index contributed by atoms with van der Waals surface area (Å²) in [6.45, 7) is 0. The lowest BCUT2D eigenvalue weighted by Crippen LogP contribution is -2.05. The number of carbonyl (C=O) groups is 1. The van der Waals surface area contributed by atoms with E-state index in [2.05, 4.69) is 0 Å². The van der Waals surface area contributed by atoms with Crippen molar-refractivity contribution < 1.29 is 9.90 Å². The van der Waals surface area contributed by atoms with Crippen LogP contribution in [0.15, 0.2) is 48.5 Å². The van der Waals surface area contributed by atoms with Crippen LogP contribution in [0.1, 0.15) is 29.9 Å². The quantitative estimate of drug-likeness (QED) is 0.845. The molecule has 104 valence electrons. The first-order chi connectivity index (χ1) is 9.56. The maximum absolute atomic E-state index is 10.8. The van der Waals surface area contributed by atoms with Gasteiger partial charge in [-0.3, -0.25) is 4.79 Å². The Morgan fingerprint density at radius 3 is 1.65 bits per heavy atom. The zero-order valence-corrected chi connectivity index (χ0v) is 12.2. The fourth-order valence-corrected chi connectivity index (χ4v) is 2.44. The Morgan fingerprint density at radius 2 is 1.30 bits per heavy atom. The summed E-state index contributed by atoms with van der Waals surface area (Å²) < 4.78 is 0. The monoisotopic (exact) mass is 308 g/mol. The lowest BCUT2D eigenvalue weighted by molar-refractivity contribution is -0.137. The van der Waals surface area contributed by atoms with Crippen molar-refractivity contribution >= 4 is 29.2 Å². The molecule has 0 aliphatic rings. The third-order valence-corrected chi connectivity index (χ3v) is 3.70. The molecule has 0 aliphatic carbocycles. The van der Waals surface area contributed by atoms with Gasteiger partial charge in [0.1, 0.15) is 0 Å². The molecule has 2 rings (SSSR count). The van der Waals surface area contributed by atoms with E-state index in [0.29, 0.717) is 16.5 Å². The van der Waals surface area contributed by atoms with Crippen LogP contribution >= 0.6 is 23.2 Å². The maximum atomic E-state index is 10.8. The zero-order valence-electron chi connectivity index (χ0n) is 10.7. The highest BCUT2D eigenvalue weighted by atomic mass is 35.5. The van der Waals surface area contributed by atoms with Gasteiger partial charge in [0.05, 0.1) is 0 Å². The Labute approximate surface area is 128 Å². The molecular formula is C16H14Cl2O2. The average Bonchev–Trinajstić information content (AvgIpc) is 2.42. The van der Waals surface area contributed by atoms with Crippen molar-refractivity contribution in [3.63, 3.8) is 0 Å². The maximum Gasteiger partial charge on any atom is 0.303 e. The number of carboxylic acids is 1. The van der Waals surface area contributed by atoms with E-state index in [9.17, 15) is 4.79 Å². The number of carboxylic acid groups (broad SMARTS) is 1. The molecule has 0 heterocycles. The van der Waals surface area contributed by atoms with Crippen LogP contribution in [0.4, 0.5) is 0 Å². The smallest absolute Gasteiger partial charge is 0.303 e. The van der Waals surface area contributed by atoms with Crippen LogP contribution in [0.25, 0.3) is 0 Å². The van der Waals surface area contributed by atoms with Gasteiger partial charge < -0.3 is 5.11 Å². The van der Waals surface area contributed by atoms with Crippen LogP contribution in [0.5, 0.6) is 0 Å². The molecule has 1 N–H and O–H groups in total. The Kier molecular flexibility index (Phi) is 5.05. The van der Waals surface area contributed by atoms with E-state index in [1.165, 1.54) is 0 Å². The molecule has 0 radical (unpaired) electrons. The zero-order chi connectivity index (χ0) is 14.5. The second-order valence-corrected chi connectivity index (χ2v) is 5.46. The highest BCUT2D eigenvalue weighted by molar-refractivity contribution is 6.30. The molecular weight excluding hydrogens is 295 g/mol. The molecule has 0 atom stereocenters. The van der Waals surface area contributed by atoms with Crippen LogP contribution in [0.3, 0.4) is 0 Å². The number of aliphatic carboxylic acids is 1. The van der Waals surface area contributed by atoms with Crippen molar-refractivity contribution in [2.75, 3.05) is 0 Å². The molecule has 0 spiro atoms. The van der Waals surface area contributed by atoms with Crippen LogP contribution in [0, 0.1) is 0 Å². The minimum absolute atomic E-state index is 0.0284. The molecule has 2 aromatic carbocycles. The number of rotatable bonds is 5. The molecule has 2 aromatic rings. The Morgan fingerprint density at radius 1 is 0.900 bits per heavy atom. The van der Waals surface area contributed by atoms with E-state index in [0.717, 1.165) is 11.1 Å². The van der Waals surface area contributed by atoms with Gasteiger partial charge in [0.15, 0.2) is 0 Å². The predicted molar refractivity (Wildman–Crippen MR) is 81.6 cm³/mol. The largest absolute Gasteiger partial charge is 0.481 e. The van der Waals surface area contributed by atoms with Gasteiger partial charge in [0.2, 0.25) is 0 Å². The van der Waals surface area contributed by atoms with Gasteiger partial charge in [-0.15, -0.1) is 0 Å². The predicted octanol–water partition coefficient (Wildman–Crippen LogP) is 4.99. The SMILES string of the molecule is O=C(O)CCC(c1ccc(Cl)cc1)c1ccc(Cl)cc1. The first-order valence-corrected chi connectivity index (χ1v) is 7.04. The topological polar surface area (TPSA) is 37.3 Å². The van der Waals surface area contributed by atoms with Crippen LogP contribution in [-0.4, -0.2) is 11.1 Å². The summed E-state index contributed by atoms with van der Waals surface area (Å²) in [5, 5.41) is 10.2. The number of hydrogen-bond acceptors (Lipinski definition) is 1. The third-order valence-electron chi connectivity index (χ3n) is 3.19. The molecule has 0 unspecified atom stereocenters. The van der Waals surface area contributed by atoms with E-state index in [-0.39, 0.29) is 12.3 Å². The van der Waals surface area contributed by atoms with Crippen molar-refractivity contribution in [3.05, 3.63) is 69.7 Å². The summed E-state index contributed by atoms with van der Waals surface area (Å²) >= 11 is 11.8. The lowest BCUT2D eigenvalue weighted by atomic mass is 9.87. The summed E-state index contributed by atoms with van der Waals surface area (Å²) in [6.07, 6.45) is 0.661. The normalized spacial score (nSPS) is 10.8. The second-order valence-electron chi connectivity index (χ2n) is 4.59. The highest BCUT2D eigenvalue weighted by Gasteiger charge is 2.15. The molecule has 0 aliphatic heterocycles. The molecule has 0 aromatic heterocycles. The van der Waals surface area contributed by atoms with Gasteiger partial charge in [-0.05, 0) is 41.8 Å².